The highest BCUT2D eigenvalue weighted by atomic mass is 35.5. The van der Waals surface area contributed by atoms with Crippen LogP contribution in [0.5, 0.6) is 5.75 Å². The van der Waals surface area contributed by atoms with E-state index in [0.717, 1.165) is 0 Å². The van der Waals surface area contributed by atoms with Crippen LogP contribution < -0.4 is 15.3 Å². The second kappa shape index (κ2) is 10.1. The van der Waals surface area contributed by atoms with Crippen LogP contribution in [0.4, 0.5) is 0 Å². The van der Waals surface area contributed by atoms with Gasteiger partial charge < -0.3 is 14.4 Å². The lowest BCUT2D eigenvalue weighted by atomic mass is 9.94. The van der Waals surface area contributed by atoms with Crippen LogP contribution in [0, 0.1) is 0 Å². The molecule has 0 amide bonds. The molecule has 1 N–H and O–H groups in total. The van der Waals surface area contributed by atoms with Gasteiger partial charge in [0, 0.05) is 37.6 Å². The smallest absolute Gasteiger partial charge is 0.194 e. The molecule has 0 saturated heterocycles. The van der Waals surface area contributed by atoms with Gasteiger partial charge in [0.15, 0.2) is 12.9 Å². The maximum Gasteiger partial charge on any atom is 0.194 e. The van der Waals surface area contributed by atoms with Crippen molar-refractivity contribution >= 4 is 40.7 Å². The fourth-order valence-electron chi connectivity index (χ4n) is 4.68. The molecule has 4 aromatic rings. The summed E-state index contributed by atoms with van der Waals surface area (Å²) in [4.78, 5) is 14.4. The van der Waals surface area contributed by atoms with Gasteiger partial charge in [-0.2, -0.15) is 0 Å². The molecule has 0 radical (unpaired) electrons. The van der Waals surface area contributed by atoms with Crippen molar-refractivity contribution in [2.75, 3.05) is 7.11 Å². The lowest BCUT2D eigenvalue weighted by Crippen LogP contribution is -2.27. The fraction of sp³-hybridized carbons (Fsp3) is 0.129. The van der Waals surface area contributed by atoms with E-state index in [1.165, 1.54) is 7.11 Å². The topological polar surface area (TPSA) is 63.6 Å². The first-order chi connectivity index (χ1) is 17.9. The summed E-state index contributed by atoms with van der Waals surface area (Å²) < 4.78 is 21.2. The van der Waals surface area contributed by atoms with Crippen LogP contribution in [0.1, 0.15) is 28.8 Å². The number of benzene rings is 4. The summed E-state index contributed by atoms with van der Waals surface area (Å²) in [5, 5.41) is 13.7. The molecule has 1 fully saturated rings. The normalized spacial score (nSPS) is 15.0. The molecule has 1 aliphatic rings. The third-order valence-electron chi connectivity index (χ3n) is 6.67. The lowest BCUT2D eigenvalue weighted by Gasteiger charge is -2.29. The molecule has 5 rings (SSSR count). The molecular formula is C31H26ClO4P. The zero-order valence-electron chi connectivity index (χ0n) is 20.3. The Kier molecular flexibility index (Phi) is 6.92. The third kappa shape index (κ3) is 4.69. The zero-order valence-corrected chi connectivity index (χ0v) is 22.0. The number of ketones is 1. The molecule has 0 atom stereocenters. The van der Waals surface area contributed by atoms with Crippen molar-refractivity contribution in [2.24, 2.45) is 0 Å². The summed E-state index contributed by atoms with van der Waals surface area (Å²) in [6.45, 7) is 0. The van der Waals surface area contributed by atoms with Gasteiger partial charge in [-0.05, 0) is 43.2 Å². The fourth-order valence-corrected chi connectivity index (χ4v) is 8.15. The Morgan fingerprint density at radius 3 is 1.84 bits per heavy atom. The number of hydrogen-bond donors (Lipinski definition) is 1. The number of Topliss-reactive ketones (excluding diaryl/α,β-unsaturated/α-hetero) is 1. The van der Waals surface area contributed by atoms with E-state index in [-0.39, 0.29) is 16.7 Å². The number of aliphatic hydroxyl groups is 1. The minimum absolute atomic E-state index is 0.191. The summed E-state index contributed by atoms with van der Waals surface area (Å²) in [7, 11) is -2.17. The van der Waals surface area contributed by atoms with Gasteiger partial charge in [0.2, 0.25) is 0 Å². The number of allylic oxidation sites excluding steroid dienone is 1. The Bertz CT molecular complexity index is 1460. The monoisotopic (exact) mass is 528 g/mol. The van der Waals surface area contributed by atoms with Gasteiger partial charge in [0.25, 0.3) is 0 Å². The summed E-state index contributed by atoms with van der Waals surface area (Å²) >= 11 is 6.11. The number of para-hydroxylation sites is 1. The molecule has 4 nitrogen and oxygen atoms in total. The number of halogens is 1. The number of rotatable bonds is 8. The quantitative estimate of drug-likeness (QED) is 0.161. The van der Waals surface area contributed by atoms with Gasteiger partial charge in [-0.25, -0.2) is 0 Å². The predicted octanol–water partition coefficient (Wildman–Crippen LogP) is 6.48. The highest BCUT2D eigenvalue weighted by Crippen LogP contribution is 2.65. The number of ether oxygens (including phenoxy) is 1. The first-order valence-corrected chi connectivity index (χ1v) is 14.1. The average Bonchev–Trinajstić information content (AvgIpc) is 3.69. The van der Waals surface area contributed by atoms with Crippen LogP contribution in [-0.4, -0.2) is 23.6 Å². The van der Waals surface area contributed by atoms with Crippen molar-refractivity contribution in [3.8, 4) is 5.75 Å². The van der Waals surface area contributed by atoms with Crippen molar-refractivity contribution in [1.29, 1.82) is 0 Å². The molecule has 0 aromatic heterocycles. The second-order valence-electron chi connectivity index (χ2n) is 9.07. The van der Waals surface area contributed by atoms with E-state index in [4.69, 9.17) is 16.3 Å². The number of carbonyl (C=O) groups excluding carboxylic acids is 1. The van der Waals surface area contributed by atoms with Crippen LogP contribution in [0.2, 0.25) is 5.02 Å². The van der Waals surface area contributed by atoms with Gasteiger partial charge >= 0.3 is 0 Å². The van der Waals surface area contributed by atoms with Crippen LogP contribution in [0.25, 0.3) is 5.57 Å². The van der Waals surface area contributed by atoms with Gasteiger partial charge in [-0.3, -0.25) is 4.79 Å². The minimum atomic E-state index is -3.70. The van der Waals surface area contributed by atoms with Crippen LogP contribution in [0.15, 0.2) is 115 Å². The Balaban J connectivity index is 1.93. The number of methoxy groups -OCH3 is 1. The van der Waals surface area contributed by atoms with Gasteiger partial charge in [-0.1, -0.05) is 90.5 Å². The molecule has 1 saturated carbocycles. The van der Waals surface area contributed by atoms with E-state index in [1.807, 2.05) is 42.5 Å². The maximum atomic E-state index is 15.6. The average molecular weight is 529 g/mol. The third-order valence-corrected chi connectivity index (χ3v) is 10.2. The SMILES string of the molecule is COc1ccccc1/C(C(=O)c1ccc(Cl)cc1)=C(\C1(O)CC1)P(=O)(c1ccccc1)c1ccccc1. The summed E-state index contributed by atoms with van der Waals surface area (Å²) in [6, 6.07) is 31.9. The highest BCUT2D eigenvalue weighted by Gasteiger charge is 2.54. The molecule has 0 heterocycles. The predicted molar refractivity (Wildman–Crippen MR) is 150 cm³/mol. The Labute approximate surface area is 221 Å². The van der Waals surface area contributed by atoms with Gasteiger partial charge in [0.05, 0.1) is 12.7 Å². The van der Waals surface area contributed by atoms with Crippen LogP contribution in [-0.2, 0) is 4.57 Å². The first kappa shape index (κ1) is 25.2. The maximum absolute atomic E-state index is 15.6. The van der Waals surface area contributed by atoms with E-state index in [1.54, 1.807) is 66.7 Å². The molecule has 186 valence electrons. The molecule has 0 aliphatic heterocycles. The molecular weight excluding hydrogens is 503 g/mol. The number of hydrogen-bond acceptors (Lipinski definition) is 4. The van der Waals surface area contributed by atoms with Crippen molar-refractivity contribution in [2.45, 2.75) is 18.4 Å². The molecule has 0 spiro atoms. The highest BCUT2D eigenvalue weighted by molar-refractivity contribution is 7.82. The van der Waals surface area contributed by atoms with Gasteiger partial charge in [-0.15, -0.1) is 0 Å². The Morgan fingerprint density at radius 2 is 1.32 bits per heavy atom. The van der Waals surface area contributed by atoms with Crippen LogP contribution in [0.3, 0.4) is 0 Å². The molecule has 0 bridgehead atoms. The number of carbonyl (C=O) groups is 1. The van der Waals surface area contributed by atoms with Crippen LogP contribution >= 0.6 is 18.7 Å². The van der Waals surface area contributed by atoms with Crippen molar-refractivity contribution < 1.29 is 19.2 Å². The minimum Gasteiger partial charge on any atom is -0.496 e. The largest absolute Gasteiger partial charge is 0.496 e. The van der Waals surface area contributed by atoms with Crippen molar-refractivity contribution in [1.82, 2.24) is 0 Å². The van der Waals surface area contributed by atoms with E-state index in [0.29, 0.717) is 45.3 Å². The Morgan fingerprint density at radius 1 is 0.811 bits per heavy atom. The van der Waals surface area contributed by atoms with E-state index >= 15 is 4.57 Å². The second-order valence-corrected chi connectivity index (χ2v) is 12.2. The molecule has 37 heavy (non-hydrogen) atoms. The summed E-state index contributed by atoms with van der Waals surface area (Å²) in [5.41, 5.74) is -0.359. The van der Waals surface area contributed by atoms with Crippen molar-refractivity contribution in [3.05, 3.63) is 131 Å². The Hall–Kier alpha value is -3.43. The lowest BCUT2D eigenvalue weighted by molar-refractivity contribution is 0.105. The molecule has 4 aromatic carbocycles. The molecule has 1 aliphatic carbocycles. The van der Waals surface area contributed by atoms with E-state index in [9.17, 15) is 9.90 Å². The summed E-state index contributed by atoms with van der Waals surface area (Å²) in [6.07, 6.45) is 0.803. The van der Waals surface area contributed by atoms with E-state index < -0.39 is 12.7 Å². The zero-order chi connectivity index (χ0) is 26.0. The van der Waals surface area contributed by atoms with Gasteiger partial charge in [0.1, 0.15) is 5.75 Å². The molecule has 6 heteroatoms. The van der Waals surface area contributed by atoms with Crippen molar-refractivity contribution in [3.63, 3.8) is 0 Å². The first-order valence-electron chi connectivity index (χ1n) is 12.0. The molecule has 0 unspecified atom stereocenters. The van der Waals surface area contributed by atoms with E-state index in [2.05, 4.69) is 0 Å². The standard InChI is InChI=1S/C31H26ClO4P/c1-36-27-15-9-8-14-26(27)28(29(33)22-16-18-23(32)19-17-22)30(31(34)20-21-31)37(35,24-10-4-2-5-11-24)25-12-6-3-7-13-25/h2-19,34H,20-21H2,1H3/b30-28-. The summed E-state index contributed by atoms with van der Waals surface area (Å²) in [5.74, 6) is 0.0952.